The first-order valence-electron chi connectivity index (χ1n) is 7.49. The lowest BCUT2D eigenvalue weighted by atomic mass is 10.1. The van der Waals surface area contributed by atoms with Gasteiger partial charge in [-0.3, -0.25) is 0 Å². The molecule has 1 amide bonds. The second-order valence-electron chi connectivity index (χ2n) is 5.52. The van der Waals surface area contributed by atoms with Crippen molar-refractivity contribution in [3.8, 4) is 11.3 Å². The van der Waals surface area contributed by atoms with E-state index in [0.29, 0.717) is 34.8 Å². The van der Waals surface area contributed by atoms with Gasteiger partial charge in [0.05, 0.1) is 30.7 Å². The molecule has 9 nitrogen and oxygen atoms in total. The van der Waals surface area contributed by atoms with E-state index < -0.39 is 12.6 Å². The van der Waals surface area contributed by atoms with Crippen LogP contribution >= 0.6 is 0 Å². The van der Waals surface area contributed by atoms with E-state index in [2.05, 4.69) is 20.4 Å². The van der Waals surface area contributed by atoms with Crippen molar-refractivity contribution >= 4 is 17.9 Å². The summed E-state index contributed by atoms with van der Waals surface area (Å²) in [6, 6.07) is 1.65. The van der Waals surface area contributed by atoms with Gasteiger partial charge in [0, 0.05) is 18.7 Å². The van der Waals surface area contributed by atoms with Gasteiger partial charge in [-0.15, -0.1) is 0 Å². The molecule has 0 unspecified atom stereocenters. The summed E-state index contributed by atoms with van der Waals surface area (Å²) in [5, 5.41) is 6.05. The molecule has 1 saturated heterocycles. The Labute approximate surface area is 141 Å². The van der Waals surface area contributed by atoms with Crippen LogP contribution in [0.1, 0.15) is 12.2 Å². The molecule has 3 N–H and O–H groups in total. The second kappa shape index (κ2) is 6.49. The molecule has 134 valence electrons. The molecule has 2 aromatic rings. The molecule has 0 saturated carbocycles. The molecule has 0 aliphatic carbocycles. The maximum Gasteiger partial charge on any atom is 0.407 e. The monoisotopic (exact) mass is 353 g/mol. The summed E-state index contributed by atoms with van der Waals surface area (Å²) >= 11 is 0. The largest absolute Gasteiger partial charge is 0.442 e. The molecule has 0 radical (unpaired) electrons. The van der Waals surface area contributed by atoms with Crippen LogP contribution in [0.2, 0.25) is 0 Å². The highest BCUT2D eigenvalue weighted by molar-refractivity contribution is 5.68. The number of carbonyl (C=O) groups excluding carboxylic acids is 1. The predicted molar refractivity (Wildman–Crippen MR) is 85.2 cm³/mol. The Bertz CT molecular complexity index is 789. The maximum atomic E-state index is 12.9. The molecule has 1 aliphatic rings. The topological polar surface area (TPSA) is 111 Å². The third-order valence-electron chi connectivity index (χ3n) is 3.89. The molecule has 1 aliphatic heterocycles. The first-order valence-corrected chi connectivity index (χ1v) is 7.49. The summed E-state index contributed by atoms with van der Waals surface area (Å²) in [5.41, 5.74) is 6.89. The molecule has 3 rings (SSSR count). The molecule has 2 aromatic heterocycles. The molecule has 25 heavy (non-hydrogen) atoms. The van der Waals surface area contributed by atoms with Crippen molar-refractivity contribution < 1.29 is 18.3 Å². The van der Waals surface area contributed by atoms with Gasteiger partial charge in [-0.2, -0.15) is 18.9 Å². The van der Waals surface area contributed by atoms with Crippen LogP contribution in [0.25, 0.3) is 11.3 Å². The van der Waals surface area contributed by atoms with Crippen molar-refractivity contribution in [3.05, 3.63) is 18.0 Å². The SMILES string of the molecule is CNC(=O)OC1CN(c2cc(-c3cnn(C(F)F)c3C)nc(N)n2)C1. The number of aromatic nitrogens is 4. The fourth-order valence-electron chi connectivity index (χ4n) is 2.53. The smallest absolute Gasteiger partial charge is 0.407 e. The highest BCUT2D eigenvalue weighted by Gasteiger charge is 2.31. The number of carbonyl (C=O) groups is 1. The number of amides is 1. The van der Waals surface area contributed by atoms with Crippen molar-refractivity contribution in [1.29, 1.82) is 0 Å². The van der Waals surface area contributed by atoms with Gasteiger partial charge >= 0.3 is 12.6 Å². The standard InChI is InChI=1S/C14H17F2N7O2/c1-7-9(4-19-23(7)12(15)16)10-3-11(21-13(17)20-10)22-5-8(6-22)25-14(24)18-2/h3-4,8,12H,5-6H2,1-2H3,(H,18,24)(H2,17,20,21). The van der Waals surface area contributed by atoms with Gasteiger partial charge in [0.25, 0.3) is 0 Å². The van der Waals surface area contributed by atoms with Crippen LogP contribution in [0.3, 0.4) is 0 Å². The van der Waals surface area contributed by atoms with Gasteiger partial charge < -0.3 is 20.7 Å². The lowest BCUT2D eigenvalue weighted by molar-refractivity contribution is 0.0545. The van der Waals surface area contributed by atoms with E-state index in [-0.39, 0.29) is 17.7 Å². The predicted octanol–water partition coefficient (Wildman–Crippen LogP) is 1.17. The highest BCUT2D eigenvalue weighted by Crippen LogP contribution is 2.29. The van der Waals surface area contributed by atoms with Crippen molar-refractivity contribution in [2.45, 2.75) is 19.6 Å². The van der Waals surface area contributed by atoms with Crippen LogP contribution in [-0.2, 0) is 4.74 Å². The summed E-state index contributed by atoms with van der Waals surface area (Å²) in [7, 11) is 1.48. The Balaban J connectivity index is 1.80. The zero-order valence-electron chi connectivity index (χ0n) is 13.6. The minimum absolute atomic E-state index is 0.0207. The number of nitrogens with one attached hydrogen (secondary N) is 1. The summed E-state index contributed by atoms with van der Waals surface area (Å²) in [4.78, 5) is 21.3. The number of nitrogens with zero attached hydrogens (tertiary/aromatic N) is 5. The van der Waals surface area contributed by atoms with Gasteiger partial charge in [0.2, 0.25) is 5.95 Å². The van der Waals surface area contributed by atoms with Crippen molar-refractivity contribution in [2.75, 3.05) is 30.8 Å². The number of ether oxygens (including phenoxy) is 1. The lowest BCUT2D eigenvalue weighted by Gasteiger charge is -2.39. The summed E-state index contributed by atoms with van der Waals surface area (Å²) < 4.78 is 31.5. The van der Waals surface area contributed by atoms with Gasteiger partial charge in [-0.05, 0) is 6.92 Å². The minimum Gasteiger partial charge on any atom is -0.442 e. The number of alkyl carbamates (subject to hydrolysis) is 1. The van der Waals surface area contributed by atoms with Crippen LogP contribution in [0.5, 0.6) is 0 Å². The van der Waals surface area contributed by atoms with Crippen LogP contribution in [0, 0.1) is 6.92 Å². The molecule has 1 fully saturated rings. The number of hydrogen-bond acceptors (Lipinski definition) is 7. The Morgan fingerprint density at radius 1 is 1.44 bits per heavy atom. The highest BCUT2D eigenvalue weighted by atomic mass is 19.3. The van der Waals surface area contributed by atoms with E-state index in [0.717, 1.165) is 0 Å². The van der Waals surface area contributed by atoms with Crippen LogP contribution < -0.4 is 16.0 Å². The van der Waals surface area contributed by atoms with Gasteiger partial charge in [0.1, 0.15) is 11.9 Å². The Morgan fingerprint density at radius 3 is 2.76 bits per heavy atom. The van der Waals surface area contributed by atoms with Gasteiger partial charge in [0.15, 0.2) is 0 Å². The number of rotatable bonds is 4. The zero-order chi connectivity index (χ0) is 18.1. The van der Waals surface area contributed by atoms with Crippen molar-refractivity contribution in [3.63, 3.8) is 0 Å². The summed E-state index contributed by atoms with van der Waals surface area (Å²) in [6.07, 6.45) is 0.575. The molecule has 0 atom stereocenters. The molecule has 3 heterocycles. The molecular formula is C14H17F2N7O2. The number of nitrogen functional groups attached to an aromatic ring is 1. The van der Waals surface area contributed by atoms with Crippen molar-refractivity contribution in [2.24, 2.45) is 0 Å². The van der Waals surface area contributed by atoms with Crippen LogP contribution in [-0.4, -0.2) is 52.1 Å². The third-order valence-corrected chi connectivity index (χ3v) is 3.89. The molecule has 0 aromatic carbocycles. The first-order chi connectivity index (χ1) is 11.9. The maximum absolute atomic E-state index is 12.9. The normalized spacial score (nSPS) is 14.5. The molecule has 0 bridgehead atoms. The minimum atomic E-state index is -2.73. The van der Waals surface area contributed by atoms with E-state index in [1.807, 2.05) is 4.90 Å². The average molecular weight is 353 g/mol. The van der Waals surface area contributed by atoms with Crippen LogP contribution in [0.15, 0.2) is 12.3 Å². The molecule has 0 spiro atoms. The van der Waals surface area contributed by atoms with Gasteiger partial charge in [-0.1, -0.05) is 0 Å². The number of halogens is 2. The zero-order valence-corrected chi connectivity index (χ0v) is 13.6. The molecular weight excluding hydrogens is 336 g/mol. The Kier molecular flexibility index (Phi) is 4.38. The second-order valence-corrected chi connectivity index (χ2v) is 5.52. The Hall–Kier alpha value is -2.98. The number of nitrogens with two attached hydrogens (primary N) is 1. The first kappa shape index (κ1) is 16.9. The number of alkyl halides is 2. The van der Waals surface area contributed by atoms with E-state index in [4.69, 9.17) is 10.5 Å². The summed E-state index contributed by atoms with van der Waals surface area (Å²) in [6.45, 7) is -0.286. The van der Waals surface area contributed by atoms with E-state index in [9.17, 15) is 13.6 Å². The van der Waals surface area contributed by atoms with Crippen molar-refractivity contribution in [1.82, 2.24) is 25.1 Å². The summed E-state index contributed by atoms with van der Waals surface area (Å²) in [5.74, 6) is 0.552. The fraction of sp³-hybridized carbons (Fsp3) is 0.429. The average Bonchev–Trinajstić information content (AvgIpc) is 2.91. The third kappa shape index (κ3) is 3.30. The number of hydrogen-bond donors (Lipinski definition) is 2. The van der Waals surface area contributed by atoms with Crippen LogP contribution in [0.4, 0.5) is 25.3 Å². The van der Waals surface area contributed by atoms with E-state index >= 15 is 0 Å². The fourth-order valence-corrected chi connectivity index (χ4v) is 2.53. The van der Waals surface area contributed by atoms with E-state index in [1.165, 1.54) is 20.2 Å². The lowest BCUT2D eigenvalue weighted by Crippen LogP contribution is -2.54. The Morgan fingerprint density at radius 2 is 2.16 bits per heavy atom. The molecule has 11 heteroatoms. The van der Waals surface area contributed by atoms with E-state index in [1.54, 1.807) is 6.07 Å². The quantitative estimate of drug-likeness (QED) is 0.849. The number of anilines is 2. The van der Waals surface area contributed by atoms with Gasteiger partial charge in [-0.25, -0.2) is 14.5 Å².